The molecule has 6 heteroatoms. The van der Waals surface area contributed by atoms with Crippen molar-refractivity contribution in [2.45, 2.75) is 39.1 Å². The van der Waals surface area contributed by atoms with Gasteiger partial charge in [0.15, 0.2) is 0 Å². The van der Waals surface area contributed by atoms with Crippen molar-refractivity contribution in [1.29, 1.82) is 0 Å². The smallest absolute Gasteiger partial charge is 0.321 e. The van der Waals surface area contributed by atoms with Crippen LogP contribution in [0, 0.1) is 0 Å². The van der Waals surface area contributed by atoms with Gasteiger partial charge in [-0.15, -0.1) is 0 Å². The fourth-order valence-electron chi connectivity index (χ4n) is 4.58. The number of nitrogens with zero attached hydrogens (tertiary/aromatic N) is 3. The zero-order valence-electron chi connectivity index (χ0n) is 18.7. The highest BCUT2D eigenvalue weighted by Gasteiger charge is 2.24. The molecule has 1 N–H and O–H groups in total. The van der Waals surface area contributed by atoms with Crippen molar-refractivity contribution in [2.24, 2.45) is 0 Å². The van der Waals surface area contributed by atoms with Crippen molar-refractivity contribution in [2.75, 3.05) is 44.6 Å². The maximum atomic E-state index is 12.9. The molecule has 2 saturated heterocycles. The van der Waals surface area contributed by atoms with Gasteiger partial charge in [0.1, 0.15) is 0 Å². The Labute approximate surface area is 185 Å². The Kier molecular flexibility index (Phi) is 7.22. The molecule has 0 aliphatic carbocycles. The molecule has 0 radical (unpaired) electrons. The molecule has 0 saturated carbocycles. The second-order valence-electron chi connectivity index (χ2n) is 8.79. The Morgan fingerprint density at radius 1 is 0.871 bits per heavy atom. The number of para-hydroxylation sites is 1. The average molecular weight is 423 g/mol. The van der Waals surface area contributed by atoms with E-state index >= 15 is 0 Å². The van der Waals surface area contributed by atoms with Crippen LogP contribution >= 0.6 is 0 Å². The number of piperazine rings is 1. The van der Waals surface area contributed by atoms with Crippen molar-refractivity contribution in [3.8, 4) is 0 Å². The molecule has 0 aromatic heterocycles. The molecule has 2 fully saturated rings. The fraction of sp³-hybridized carbons (Fsp3) is 0.480. The Morgan fingerprint density at radius 3 is 2.23 bits per heavy atom. The molecule has 0 bridgehead atoms. The van der Waals surface area contributed by atoms with Crippen molar-refractivity contribution in [3.05, 3.63) is 65.7 Å². The summed E-state index contributed by atoms with van der Waals surface area (Å²) in [5.74, 6) is 0. The number of amides is 2. The van der Waals surface area contributed by atoms with E-state index in [1.807, 2.05) is 29.2 Å². The van der Waals surface area contributed by atoms with Gasteiger partial charge in [0.25, 0.3) is 0 Å². The summed E-state index contributed by atoms with van der Waals surface area (Å²) >= 11 is 0. The maximum Gasteiger partial charge on any atom is 0.321 e. The van der Waals surface area contributed by atoms with Gasteiger partial charge >= 0.3 is 6.03 Å². The lowest BCUT2D eigenvalue weighted by atomic mass is 10.1. The van der Waals surface area contributed by atoms with Crippen LogP contribution in [0.2, 0.25) is 0 Å². The zero-order chi connectivity index (χ0) is 21.6. The SMILES string of the molecule is CC1CN(Cc2ccccc2NC(=O)N2CCN(Cc3ccccc3)CC2)CC(C)O1. The number of hydrogen-bond donors (Lipinski definition) is 1. The lowest BCUT2D eigenvalue weighted by Crippen LogP contribution is -2.49. The van der Waals surface area contributed by atoms with E-state index in [9.17, 15) is 4.79 Å². The Hall–Kier alpha value is -2.41. The predicted molar refractivity (Wildman–Crippen MR) is 124 cm³/mol. The highest BCUT2D eigenvalue weighted by Crippen LogP contribution is 2.21. The molecule has 2 amide bonds. The van der Waals surface area contributed by atoms with Crippen LogP contribution in [0.3, 0.4) is 0 Å². The standard InChI is InChI=1S/C25H34N4O2/c1-20-16-28(17-21(2)31-20)19-23-10-6-7-11-24(23)26-25(30)29-14-12-27(13-15-29)18-22-8-4-3-5-9-22/h3-11,20-21H,12-19H2,1-2H3,(H,26,30). The first-order valence-electron chi connectivity index (χ1n) is 11.3. The fourth-order valence-corrected chi connectivity index (χ4v) is 4.58. The second-order valence-corrected chi connectivity index (χ2v) is 8.79. The average Bonchev–Trinajstić information content (AvgIpc) is 2.76. The maximum absolute atomic E-state index is 12.9. The number of anilines is 1. The first-order valence-corrected chi connectivity index (χ1v) is 11.3. The van der Waals surface area contributed by atoms with Gasteiger partial charge in [0, 0.05) is 58.0 Å². The number of hydrogen-bond acceptors (Lipinski definition) is 4. The number of carbonyl (C=O) groups excluding carboxylic acids is 1. The molecule has 2 aromatic rings. The van der Waals surface area contributed by atoms with E-state index in [1.165, 1.54) is 5.56 Å². The third-order valence-corrected chi connectivity index (χ3v) is 6.06. The van der Waals surface area contributed by atoms with Crippen LogP contribution in [-0.2, 0) is 17.8 Å². The summed E-state index contributed by atoms with van der Waals surface area (Å²) in [6.07, 6.45) is 0.468. The lowest BCUT2D eigenvalue weighted by Gasteiger charge is -2.36. The van der Waals surface area contributed by atoms with Crippen LogP contribution in [0.5, 0.6) is 0 Å². The van der Waals surface area contributed by atoms with Crippen molar-refractivity contribution in [1.82, 2.24) is 14.7 Å². The van der Waals surface area contributed by atoms with Crippen molar-refractivity contribution in [3.63, 3.8) is 0 Å². The first kappa shape index (κ1) is 21.8. The van der Waals surface area contributed by atoms with Gasteiger partial charge < -0.3 is 15.0 Å². The molecule has 2 heterocycles. The van der Waals surface area contributed by atoms with Gasteiger partial charge in [-0.25, -0.2) is 4.79 Å². The number of nitrogens with one attached hydrogen (secondary N) is 1. The Morgan fingerprint density at radius 2 is 1.52 bits per heavy atom. The lowest BCUT2D eigenvalue weighted by molar-refractivity contribution is -0.0704. The van der Waals surface area contributed by atoms with Crippen LogP contribution in [-0.4, -0.2) is 72.2 Å². The minimum absolute atomic E-state index is 0.00414. The van der Waals surface area contributed by atoms with Gasteiger partial charge in [-0.1, -0.05) is 48.5 Å². The van der Waals surface area contributed by atoms with E-state index < -0.39 is 0 Å². The number of urea groups is 1. The normalized spacial score (nSPS) is 23.0. The van der Waals surface area contributed by atoms with Gasteiger partial charge in [-0.3, -0.25) is 9.80 Å². The number of benzene rings is 2. The number of rotatable bonds is 5. The zero-order valence-corrected chi connectivity index (χ0v) is 18.7. The summed E-state index contributed by atoms with van der Waals surface area (Å²) in [6.45, 7) is 11.1. The largest absolute Gasteiger partial charge is 0.373 e. The summed E-state index contributed by atoms with van der Waals surface area (Å²) in [4.78, 5) is 19.7. The summed E-state index contributed by atoms with van der Waals surface area (Å²) in [5.41, 5.74) is 3.38. The summed E-state index contributed by atoms with van der Waals surface area (Å²) < 4.78 is 5.85. The van der Waals surface area contributed by atoms with E-state index in [2.05, 4.69) is 59.3 Å². The summed E-state index contributed by atoms with van der Waals surface area (Å²) in [5, 5.41) is 3.17. The Balaban J connectivity index is 1.31. The molecule has 166 valence electrons. The molecule has 6 nitrogen and oxygen atoms in total. The van der Waals surface area contributed by atoms with E-state index in [0.717, 1.165) is 63.6 Å². The predicted octanol–water partition coefficient (Wildman–Crippen LogP) is 3.65. The second kappa shape index (κ2) is 10.3. The molecule has 2 unspecified atom stereocenters. The summed E-state index contributed by atoms with van der Waals surface area (Å²) in [7, 11) is 0. The topological polar surface area (TPSA) is 48.1 Å². The van der Waals surface area contributed by atoms with Crippen LogP contribution in [0.1, 0.15) is 25.0 Å². The first-order chi connectivity index (χ1) is 15.1. The molecule has 4 rings (SSSR count). The Bertz CT molecular complexity index is 842. The number of morpholine rings is 1. The van der Waals surface area contributed by atoms with Gasteiger partial charge in [-0.2, -0.15) is 0 Å². The number of carbonyl (C=O) groups is 1. The molecular weight excluding hydrogens is 388 g/mol. The minimum atomic E-state index is -0.00414. The third kappa shape index (κ3) is 6.06. The molecule has 2 aromatic carbocycles. The monoisotopic (exact) mass is 422 g/mol. The molecule has 2 atom stereocenters. The molecule has 2 aliphatic rings. The highest BCUT2D eigenvalue weighted by molar-refractivity contribution is 5.90. The van der Waals surface area contributed by atoms with E-state index in [4.69, 9.17) is 4.74 Å². The van der Waals surface area contributed by atoms with Crippen LogP contribution in [0.25, 0.3) is 0 Å². The molecular formula is C25H34N4O2. The minimum Gasteiger partial charge on any atom is -0.373 e. The van der Waals surface area contributed by atoms with E-state index in [1.54, 1.807) is 0 Å². The van der Waals surface area contributed by atoms with Crippen molar-refractivity contribution < 1.29 is 9.53 Å². The van der Waals surface area contributed by atoms with E-state index in [-0.39, 0.29) is 18.2 Å². The van der Waals surface area contributed by atoms with Crippen molar-refractivity contribution >= 4 is 11.7 Å². The van der Waals surface area contributed by atoms with Gasteiger partial charge in [0.2, 0.25) is 0 Å². The van der Waals surface area contributed by atoms with Crippen LogP contribution in [0.15, 0.2) is 54.6 Å². The van der Waals surface area contributed by atoms with Gasteiger partial charge in [0.05, 0.1) is 12.2 Å². The van der Waals surface area contributed by atoms with Gasteiger partial charge in [-0.05, 0) is 31.0 Å². The summed E-state index contributed by atoms with van der Waals surface area (Å²) in [6, 6.07) is 18.7. The highest BCUT2D eigenvalue weighted by atomic mass is 16.5. The van der Waals surface area contributed by atoms with Crippen LogP contribution < -0.4 is 5.32 Å². The quantitative estimate of drug-likeness (QED) is 0.799. The molecule has 0 spiro atoms. The van der Waals surface area contributed by atoms with Crippen LogP contribution in [0.4, 0.5) is 10.5 Å². The molecule has 2 aliphatic heterocycles. The third-order valence-electron chi connectivity index (χ3n) is 6.06. The van der Waals surface area contributed by atoms with E-state index in [0.29, 0.717) is 0 Å². The number of ether oxygens (including phenoxy) is 1. The molecule has 31 heavy (non-hydrogen) atoms.